The Bertz CT molecular complexity index is 1000. The van der Waals surface area contributed by atoms with Gasteiger partial charge in [-0.15, -0.1) is 0 Å². The first-order valence-electron chi connectivity index (χ1n) is 15.7. The number of hydrogen-bond acceptors (Lipinski definition) is 3. The third kappa shape index (κ3) is 5.26. The maximum Gasteiger partial charge on any atom is 0.411 e. The molecule has 3 saturated carbocycles. The van der Waals surface area contributed by atoms with Crippen molar-refractivity contribution in [1.82, 2.24) is 0 Å². The monoisotopic (exact) mass is 521 g/mol. The summed E-state index contributed by atoms with van der Waals surface area (Å²) in [7, 11) is 0. The Balaban J connectivity index is 1.21. The summed E-state index contributed by atoms with van der Waals surface area (Å²) in [6.07, 6.45) is 18.9. The van der Waals surface area contributed by atoms with Crippen LogP contribution < -0.4 is 5.32 Å². The predicted molar refractivity (Wildman–Crippen MR) is 155 cm³/mol. The molecule has 4 nitrogen and oxygen atoms in total. The fraction of sp³-hybridized carbons (Fsp3) is 0.735. The Morgan fingerprint density at radius 2 is 1.84 bits per heavy atom. The molecule has 0 bridgehead atoms. The Kier molecular flexibility index (Phi) is 8.17. The minimum absolute atomic E-state index is 0.0544. The molecule has 0 aromatic heterocycles. The zero-order chi connectivity index (χ0) is 26.9. The first-order chi connectivity index (χ1) is 18.2. The van der Waals surface area contributed by atoms with Crippen molar-refractivity contribution in [3.05, 3.63) is 35.9 Å². The van der Waals surface area contributed by atoms with Crippen molar-refractivity contribution in [1.29, 1.82) is 0 Å². The molecular formula is C34H51NO3. The van der Waals surface area contributed by atoms with E-state index in [4.69, 9.17) is 4.74 Å². The number of unbranched alkanes of at least 4 members (excludes halogenated alkanes) is 3. The molecule has 8 atom stereocenters. The maximum absolute atomic E-state index is 12.6. The lowest BCUT2D eigenvalue weighted by Crippen LogP contribution is -2.51. The van der Waals surface area contributed by atoms with E-state index in [0.717, 1.165) is 48.9 Å². The molecule has 0 radical (unpaired) electrons. The predicted octanol–water partition coefficient (Wildman–Crippen LogP) is 9.49. The summed E-state index contributed by atoms with van der Waals surface area (Å²) in [4.78, 5) is 12.6. The molecule has 4 aliphatic carbocycles. The highest BCUT2D eigenvalue weighted by molar-refractivity contribution is 5.84. The average molecular weight is 522 g/mol. The number of hydrogen-bond donors (Lipinski definition) is 2. The number of amides is 1. The van der Waals surface area contributed by atoms with Gasteiger partial charge in [-0.3, -0.25) is 5.32 Å². The van der Waals surface area contributed by atoms with E-state index < -0.39 is 6.09 Å². The minimum Gasteiger partial charge on any atom is -0.508 e. The molecule has 1 amide bonds. The summed E-state index contributed by atoms with van der Waals surface area (Å²) in [5.41, 5.74) is 2.99. The molecule has 2 N–H and O–H groups in total. The third-order valence-corrected chi connectivity index (χ3v) is 11.7. The highest BCUT2D eigenvalue weighted by atomic mass is 16.6. The highest BCUT2D eigenvalue weighted by Crippen LogP contribution is 2.67. The maximum atomic E-state index is 12.6. The van der Waals surface area contributed by atoms with Crippen molar-refractivity contribution in [3.8, 4) is 5.75 Å². The van der Waals surface area contributed by atoms with E-state index >= 15 is 0 Å². The number of anilines is 1. The van der Waals surface area contributed by atoms with E-state index in [0.29, 0.717) is 11.1 Å². The summed E-state index contributed by atoms with van der Waals surface area (Å²) in [6, 6.07) is 6.52. The molecule has 0 aliphatic heterocycles. The number of benzene rings is 1. The fourth-order valence-corrected chi connectivity index (χ4v) is 9.64. The van der Waals surface area contributed by atoms with Crippen LogP contribution in [0.4, 0.5) is 10.5 Å². The number of fused-ring (bicyclic) bond motifs is 5. The van der Waals surface area contributed by atoms with Gasteiger partial charge in [0.1, 0.15) is 11.9 Å². The first kappa shape index (κ1) is 27.6. The van der Waals surface area contributed by atoms with Gasteiger partial charge in [0.15, 0.2) is 0 Å². The smallest absolute Gasteiger partial charge is 0.411 e. The van der Waals surface area contributed by atoms with Crippen LogP contribution in [0.3, 0.4) is 0 Å². The van der Waals surface area contributed by atoms with Crippen LogP contribution in [0.5, 0.6) is 5.75 Å². The van der Waals surface area contributed by atoms with Gasteiger partial charge in [-0.05, 0) is 110 Å². The van der Waals surface area contributed by atoms with Crippen LogP contribution >= 0.6 is 0 Å². The molecule has 1 aromatic carbocycles. The SMILES string of the molecule is CCCCCCC(C)C1CCC2C3CC=C4CC(OC(=O)Nc5ccc(O)cc5)CCC4(C)C3CCC12C. The Morgan fingerprint density at radius 3 is 2.61 bits per heavy atom. The topological polar surface area (TPSA) is 58.6 Å². The number of nitrogens with one attached hydrogen (secondary N) is 1. The van der Waals surface area contributed by atoms with E-state index in [1.807, 2.05) is 0 Å². The molecule has 0 heterocycles. The summed E-state index contributed by atoms with van der Waals surface area (Å²) in [5, 5.41) is 12.3. The lowest BCUT2D eigenvalue weighted by atomic mass is 9.47. The lowest BCUT2D eigenvalue weighted by molar-refractivity contribution is -0.0576. The fourth-order valence-electron chi connectivity index (χ4n) is 9.64. The van der Waals surface area contributed by atoms with Crippen molar-refractivity contribution in [2.75, 3.05) is 5.32 Å². The van der Waals surface area contributed by atoms with Gasteiger partial charge in [0, 0.05) is 12.1 Å². The molecule has 38 heavy (non-hydrogen) atoms. The molecule has 4 heteroatoms. The minimum atomic E-state index is -0.396. The van der Waals surface area contributed by atoms with Gasteiger partial charge < -0.3 is 9.84 Å². The highest BCUT2D eigenvalue weighted by Gasteiger charge is 2.59. The number of phenols is 1. The van der Waals surface area contributed by atoms with E-state index in [-0.39, 0.29) is 17.3 Å². The normalized spacial score (nSPS) is 36.8. The summed E-state index contributed by atoms with van der Waals surface area (Å²) in [5.74, 6) is 4.45. The zero-order valence-electron chi connectivity index (χ0n) is 24.3. The number of carbonyl (C=O) groups is 1. The van der Waals surface area contributed by atoms with Crippen molar-refractivity contribution < 1.29 is 14.6 Å². The largest absolute Gasteiger partial charge is 0.508 e. The van der Waals surface area contributed by atoms with Crippen LogP contribution in [-0.2, 0) is 4.74 Å². The van der Waals surface area contributed by atoms with Gasteiger partial charge in [0.2, 0.25) is 0 Å². The van der Waals surface area contributed by atoms with E-state index in [2.05, 4.69) is 39.1 Å². The molecule has 4 aliphatic rings. The Morgan fingerprint density at radius 1 is 1.05 bits per heavy atom. The summed E-state index contributed by atoms with van der Waals surface area (Å²) >= 11 is 0. The molecular weight excluding hydrogens is 470 g/mol. The van der Waals surface area contributed by atoms with Gasteiger partial charge in [-0.2, -0.15) is 0 Å². The number of phenolic OH excluding ortho intramolecular Hbond substituents is 1. The van der Waals surface area contributed by atoms with Crippen molar-refractivity contribution in [2.24, 2.45) is 40.4 Å². The van der Waals surface area contributed by atoms with Gasteiger partial charge in [-0.1, -0.05) is 71.4 Å². The molecule has 0 spiro atoms. The quantitative estimate of drug-likeness (QED) is 0.203. The second-order valence-electron chi connectivity index (χ2n) is 13.8. The van der Waals surface area contributed by atoms with E-state index in [9.17, 15) is 9.90 Å². The molecule has 210 valence electrons. The number of allylic oxidation sites excluding steroid dienone is 1. The van der Waals surface area contributed by atoms with Crippen molar-refractivity contribution in [2.45, 2.75) is 117 Å². The van der Waals surface area contributed by atoms with Crippen LogP contribution in [0.25, 0.3) is 0 Å². The molecule has 1 aromatic rings. The zero-order valence-corrected chi connectivity index (χ0v) is 24.3. The van der Waals surface area contributed by atoms with Crippen molar-refractivity contribution in [3.63, 3.8) is 0 Å². The van der Waals surface area contributed by atoms with E-state index in [1.54, 1.807) is 29.8 Å². The second-order valence-corrected chi connectivity index (χ2v) is 13.8. The first-order valence-corrected chi connectivity index (χ1v) is 15.7. The van der Waals surface area contributed by atoms with Gasteiger partial charge >= 0.3 is 6.09 Å². The van der Waals surface area contributed by atoms with E-state index in [1.165, 1.54) is 64.2 Å². The Labute approximate surface area is 231 Å². The summed E-state index contributed by atoms with van der Waals surface area (Å²) < 4.78 is 5.88. The number of rotatable bonds is 8. The second kappa shape index (κ2) is 11.3. The van der Waals surface area contributed by atoms with Crippen LogP contribution in [0.1, 0.15) is 111 Å². The van der Waals surface area contributed by atoms with Gasteiger partial charge in [-0.25, -0.2) is 4.79 Å². The lowest BCUT2D eigenvalue weighted by Gasteiger charge is -2.58. The number of ether oxygens (including phenoxy) is 1. The summed E-state index contributed by atoms with van der Waals surface area (Å²) in [6.45, 7) is 10.1. The van der Waals surface area contributed by atoms with Crippen LogP contribution in [0.2, 0.25) is 0 Å². The van der Waals surface area contributed by atoms with Gasteiger partial charge in [0.25, 0.3) is 0 Å². The molecule has 0 saturated heterocycles. The Hall–Kier alpha value is -1.97. The molecule has 5 rings (SSSR count). The molecule has 3 fully saturated rings. The van der Waals surface area contributed by atoms with Crippen LogP contribution in [-0.4, -0.2) is 17.3 Å². The van der Waals surface area contributed by atoms with Crippen molar-refractivity contribution >= 4 is 11.8 Å². The van der Waals surface area contributed by atoms with Crippen LogP contribution in [0.15, 0.2) is 35.9 Å². The van der Waals surface area contributed by atoms with Gasteiger partial charge in [0.05, 0.1) is 0 Å². The third-order valence-electron chi connectivity index (χ3n) is 11.7. The molecule has 8 unspecified atom stereocenters. The number of aromatic hydroxyl groups is 1. The average Bonchev–Trinajstić information content (AvgIpc) is 3.25. The number of carbonyl (C=O) groups excluding carboxylic acids is 1. The van der Waals surface area contributed by atoms with Crippen LogP contribution in [0, 0.1) is 40.4 Å². The standard InChI is InChI=1S/C34H51NO3/c1-5-6-7-8-9-23(2)29-16-17-30-28-15-10-24-22-27(38-32(37)35-25-11-13-26(36)14-12-25)18-20-33(24,3)31(28)19-21-34(29,30)4/h10-14,23,27-31,36H,5-9,15-22H2,1-4H3,(H,35,37).